The van der Waals surface area contributed by atoms with Gasteiger partial charge in [0.1, 0.15) is 0 Å². The van der Waals surface area contributed by atoms with Crippen molar-refractivity contribution < 1.29 is 14.3 Å². The molecule has 1 aromatic carbocycles. The smallest absolute Gasteiger partial charge is 0.190 e. The second-order valence-corrected chi connectivity index (χ2v) is 2.45. The molecule has 5 nitrogen and oxygen atoms in total. The van der Waals surface area contributed by atoms with E-state index in [2.05, 4.69) is 5.18 Å². The van der Waals surface area contributed by atoms with Crippen molar-refractivity contribution in [3.05, 3.63) is 22.6 Å². The van der Waals surface area contributed by atoms with E-state index in [9.17, 15) is 9.70 Å². The van der Waals surface area contributed by atoms with Gasteiger partial charge in [0.15, 0.2) is 23.5 Å². The molecule has 0 spiro atoms. The fourth-order valence-electron chi connectivity index (χ4n) is 1.14. The maximum atomic E-state index is 10.6. The van der Waals surface area contributed by atoms with Gasteiger partial charge in [-0.3, -0.25) is 4.79 Å². The van der Waals surface area contributed by atoms with E-state index < -0.39 is 0 Å². The minimum absolute atomic E-state index is 0.106. The molecule has 5 heteroatoms. The molecule has 1 rings (SSSR count). The first-order chi connectivity index (χ1) is 6.78. The molecule has 0 heterocycles. The number of carbonyl (C=O) groups excluding carboxylic acids is 1. The second kappa shape index (κ2) is 4.36. The van der Waals surface area contributed by atoms with Crippen LogP contribution in [0.15, 0.2) is 17.3 Å². The fourth-order valence-corrected chi connectivity index (χ4v) is 1.14. The van der Waals surface area contributed by atoms with E-state index in [-0.39, 0.29) is 17.2 Å². The van der Waals surface area contributed by atoms with Gasteiger partial charge in [-0.05, 0) is 17.3 Å². The van der Waals surface area contributed by atoms with Crippen molar-refractivity contribution in [1.29, 1.82) is 0 Å². The summed E-state index contributed by atoms with van der Waals surface area (Å²) in [6.07, 6.45) is 0.621. The molecular formula is C9H9NO4. The predicted molar refractivity (Wildman–Crippen MR) is 50.4 cm³/mol. The third kappa shape index (κ3) is 1.56. The van der Waals surface area contributed by atoms with E-state index in [4.69, 9.17) is 9.47 Å². The van der Waals surface area contributed by atoms with Crippen LogP contribution in [0.25, 0.3) is 0 Å². The van der Waals surface area contributed by atoms with E-state index in [0.717, 1.165) is 0 Å². The normalized spacial score (nSPS) is 9.29. The van der Waals surface area contributed by atoms with Gasteiger partial charge in [0.05, 0.1) is 19.8 Å². The number of nitroso groups, excluding NO2 is 1. The van der Waals surface area contributed by atoms with Gasteiger partial charge in [0.2, 0.25) is 0 Å². The summed E-state index contributed by atoms with van der Waals surface area (Å²) < 4.78 is 9.87. The molecule has 0 saturated heterocycles. The Morgan fingerprint density at radius 2 is 1.86 bits per heavy atom. The minimum Gasteiger partial charge on any atom is -0.492 e. The average molecular weight is 195 g/mol. The number of methoxy groups -OCH3 is 2. The number of rotatable bonds is 4. The summed E-state index contributed by atoms with van der Waals surface area (Å²) in [7, 11) is 2.76. The first-order valence-corrected chi connectivity index (χ1v) is 3.82. The van der Waals surface area contributed by atoms with Gasteiger partial charge >= 0.3 is 0 Å². The Morgan fingerprint density at radius 3 is 2.29 bits per heavy atom. The number of benzene rings is 1. The highest BCUT2D eigenvalue weighted by molar-refractivity contribution is 5.83. The third-order valence-electron chi connectivity index (χ3n) is 1.76. The van der Waals surface area contributed by atoms with Gasteiger partial charge in [-0.2, -0.15) is 0 Å². The van der Waals surface area contributed by atoms with Crippen LogP contribution in [-0.2, 0) is 0 Å². The molecule has 0 N–H and O–H groups in total. The number of nitrogens with zero attached hydrogens (tertiary/aromatic N) is 1. The molecule has 0 amide bonds. The van der Waals surface area contributed by atoms with E-state index >= 15 is 0 Å². The lowest BCUT2D eigenvalue weighted by Gasteiger charge is -2.09. The summed E-state index contributed by atoms with van der Waals surface area (Å²) in [6, 6.07) is 2.85. The maximum Gasteiger partial charge on any atom is 0.190 e. The number of ether oxygens (including phenoxy) is 2. The Labute approximate surface area is 80.6 Å². The Morgan fingerprint density at radius 1 is 1.21 bits per heavy atom. The molecule has 14 heavy (non-hydrogen) atoms. The molecule has 0 aromatic heterocycles. The second-order valence-electron chi connectivity index (χ2n) is 2.45. The summed E-state index contributed by atoms with van der Waals surface area (Å²) in [5.41, 5.74) is 0.423. The zero-order valence-corrected chi connectivity index (χ0v) is 7.81. The molecule has 0 atom stereocenters. The number of hydrogen-bond acceptors (Lipinski definition) is 5. The summed E-state index contributed by atoms with van der Waals surface area (Å²) >= 11 is 0. The first kappa shape index (κ1) is 10.2. The van der Waals surface area contributed by atoms with Crippen LogP contribution in [0.5, 0.6) is 11.5 Å². The monoisotopic (exact) mass is 195 g/mol. The highest BCUT2D eigenvalue weighted by atomic mass is 16.5. The van der Waals surface area contributed by atoms with Crippen LogP contribution < -0.4 is 9.47 Å². The summed E-state index contributed by atoms with van der Waals surface area (Å²) in [5, 5.41) is 2.75. The molecule has 0 saturated carbocycles. The largest absolute Gasteiger partial charge is 0.492 e. The average Bonchev–Trinajstić information content (AvgIpc) is 2.26. The zero-order valence-electron chi connectivity index (χ0n) is 7.81. The van der Waals surface area contributed by atoms with Gasteiger partial charge in [-0.1, -0.05) is 0 Å². The Kier molecular flexibility index (Phi) is 3.17. The van der Waals surface area contributed by atoms with Crippen LogP contribution >= 0.6 is 0 Å². The van der Waals surface area contributed by atoms with Crippen molar-refractivity contribution >= 4 is 12.0 Å². The van der Waals surface area contributed by atoms with Crippen LogP contribution in [0.1, 0.15) is 10.4 Å². The molecule has 0 radical (unpaired) electrons. The third-order valence-corrected chi connectivity index (χ3v) is 1.76. The molecule has 0 bridgehead atoms. The van der Waals surface area contributed by atoms with Crippen molar-refractivity contribution in [2.45, 2.75) is 0 Å². The van der Waals surface area contributed by atoms with E-state index in [1.54, 1.807) is 0 Å². The summed E-state index contributed by atoms with van der Waals surface area (Å²) in [5.74, 6) is 0.395. The van der Waals surface area contributed by atoms with Crippen LogP contribution in [0.2, 0.25) is 0 Å². The molecule has 0 fully saturated rings. The molecule has 0 unspecified atom stereocenters. The molecule has 0 aliphatic heterocycles. The van der Waals surface area contributed by atoms with Gasteiger partial charge in [0, 0.05) is 0 Å². The standard InChI is InChI=1S/C9H9NO4/c1-13-8-6(5-11)3-4-7(10-12)9(8)14-2/h3-5H,1-2H3. The molecular weight excluding hydrogens is 186 g/mol. The van der Waals surface area contributed by atoms with Crippen molar-refractivity contribution in [1.82, 2.24) is 0 Å². The molecule has 1 aromatic rings. The van der Waals surface area contributed by atoms with E-state index in [1.807, 2.05) is 0 Å². The van der Waals surface area contributed by atoms with Gasteiger partial charge in [0.25, 0.3) is 0 Å². The number of carbonyl (C=O) groups is 1. The molecule has 74 valence electrons. The van der Waals surface area contributed by atoms with Crippen LogP contribution in [0.3, 0.4) is 0 Å². The van der Waals surface area contributed by atoms with Crippen LogP contribution in [-0.4, -0.2) is 20.5 Å². The summed E-state index contributed by atoms with van der Waals surface area (Å²) in [6.45, 7) is 0. The number of hydrogen-bond donors (Lipinski definition) is 0. The van der Waals surface area contributed by atoms with Gasteiger partial charge in [-0.15, -0.1) is 4.91 Å². The molecule has 0 aliphatic carbocycles. The maximum absolute atomic E-state index is 10.6. The fraction of sp³-hybridized carbons (Fsp3) is 0.222. The lowest BCUT2D eigenvalue weighted by molar-refractivity contribution is 0.112. The van der Waals surface area contributed by atoms with Crippen LogP contribution in [0.4, 0.5) is 5.69 Å². The lowest BCUT2D eigenvalue weighted by atomic mass is 10.2. The van der Waals surface area contributed by atoms with Crippen molar-refractivity contribution in [3.8, 4) is 11.5 Å². The first-order valence-electron chi connectivity index (χ1n) is 3.82. The quantitative estimate of drug-likeness (QED) is 0.543. The number of aldehydes is 1. The van der Waals surface area contributed by atoms with Crippen molar-refractivity contribution in [2.24, 2.45) is 5.18 Å². The zero-order chi connectivity index (χ0) is 10.6. The predicted octanol–water partition coefficient (Wildman–Crippen LogP) is 1.91. The van der Waals surface area contributed by atoms with Crippen molar-refractivity contribution in [2.75, 3.05) is 14.2 Å². The molecule has 0 aliphatic rings. The van der Waals surface area contributed by atoms with E-state index in [0.29, 0.717) is 11.8 Å². The SMILES string of the molecule is COc1c(C=O)ccc(N=O)c1OC. The Bertz CT molecular complexity index is 327. The topological polar surface area (TPSA) is 65.0 Å². The van der Waals surface area contributed by atoms with Crippen molar-refractivity contribution in [3.63, 3.8) is 0 Å². The highest BCUT2D eigenvalue weighted by Gasteiger charge is 2.14. The highest BCUT2D eigenvalue weighted by Crippen LogP contribution is 2.38. The van der Waals surface area contributed by atoms with E-state index in [1.165, 1.54) is 26.4 Å². The van der Waals surface area contributed by atoms with Gasteiger partial charge in [-0.25, -0.2) is 0 Å². The minimum atomic E-state index is 0.106. The Balaban J connectivity index is 3.42. The van der Waals surface area contributed by atoms with Gasteiger partial charge < -0.3 is 9.47 Å². The Hall–Kier alpha value is -1.91. The lowest BCUT2D eigenvalue weighted by Crippen LogP contribution is -1.95. The van der Waals surface area contributed by atoms with Crippen LogP contribution in [0, 0.1) is 4.91 Å². The summed E-state index contributed by atoms with van der Waals surface area (Å²) in [4.78, 5) is 21.0.